The topological polar surface area (TPSA) is 26.0 Å². The molecule has 2 N–H and O–H groups in total. The zero-order chi connectivity index (χ0) is 15.3. The van der Waals surface area contributed by atoms with Gasteiger partial charge in [-0.1, -0.05) is 45.0 Å². The van der Waals surface area contributed by atoms with Crippen molar-refractivity contribution in [2.75, 3.05) is 11.5 Å². The minimum atomic E-state index is 0.234. The summed E-state index contributed by atoms with van der Waals surface area (Å²) in [6.07, 6.45) is 2.31. The van der Waals surface area contributed by atoms with Gasteiger partial charge in [-0.2, -0.15) is 0 Å². The minimum absolute atomic E-state index is 0.234. The molecular formula is C19H25NS. The largest absolute Gasteiger partial charge is 0.399 e. The second kappa shape index (κ2) is 7.04. The highest BCUT2D eigenvalue weighted by Gasteiger charge is 2.12. The van der Waals surface area contributed by atoms with E-state index in [1.165, 1.54) is 22.4 Å². The van der Waals surface area contributed by atoms with Crippen molar-refractivity contribution in [3.63, 3.8) is 0 Å². The van der Waals surface area contributed by atoms with Gasteiger partial charge in [-0.15, -0.1) is 11.8 Å². The van der Waals surface area contributed by atoms with E-state index >= 15 is 0 Å². The molecule has 2 rings (SSSR count). The second-order valence-electron chi connectivity index (χ2n) is 6.47. The van der Waals surface area contributed by atoms with E-state index in [2.05, 4.69) is 57.2 Å². The maximum Gasteiger partial charge on any atom is 0.0314 e. The Morgan fingerprint density at radius 2 is 1.52 bits per heavy atom. The number of aryl methyl sites for hydroxylation is 1. The molecule has 0 unspecified atom stereocenters. The van der Waals surface area contributed by atoms with Gasteiger partial charge in [0.15, 0.2) is 0 Å². The molecule has 0 radical (unpaired) electrons. The lowest BCUT2D eigenvalue weighted by Crippen LogP contribution is -2.10. The van der Waals surface area contributed by atoms with Crippen molar-refractivity contribution in [1.29, 1.82) is 0 Å². The average Bonchev–Trinajstić information content (AvgIpc) is 2.45. The van der Waals surface area contributed by atoms with E-state index < -0.39 is 0 Å². The summed E-state index contributed by atoms with van der Waals surface area (Å²) in [7, 11) is 0. The van der Waals surface area contributed by atoms with Crippen LogP contribution in [0.4, 0.5) is 5.69 Å². The number of hydrogen-bond acceptors (Lipinski definition) is 2. The van der Waals surface area contributed by atoms with Crippen molar-refractivity contribution in [1.82, 2.24) is 0 Å². The van der Waals surface area contributed by atoms with Crippen molar-refractivity contribution in [3.8, 4) is 0 Å². The summed E-state index contributed by atoms with van der Waals surface area (Å²) in [5.41, 5.74) is 9.54. The zero-order valence-corrected chi connectivity index (χ0v) is 14.0. The molecule has 0 saturated carbocycles. The van der Waals surface area contributed by atoms with Gasteiger partial charge in [0.1, 0.15) is 0 Å². The molecule has 2 aromatic carbocycles. The van der Waals surface area contributed by atoms with Gasteiger partial charge in [-0.05, 0) is 59.4 Å². The molecule has 0 aliphatic heterocycles. The predicted molar refractivity (Wildman–Crippen MR) is 95.0 cm³/mol. The van der Waals surface area contributed by atoms with Gasteiger partial charge in [0.25, 0.3) is 0 Å². The van der Waals surface area contributed by atoms with Gasteiger partial charge in [0.05, 0.1) is 0 Å². The van der Waals surface area contributed by atoms with Crippen LogP contribution in [0.3, 0.4) is 0 Å². The van der Waals surface area contributed by atoms with Crippen LogP contribution in [-0.4, -0.2) is 5.75 Å². The highest BCUT2D eigenvalue weighted by molar-refractivity contribution is 7.99. The lowest BCUT2D eigenvalue weighted by molar-refractivity contribution is 0.590. The number of nitrogens with two attached hydrogens (primary N) is 1. The molecule has 112 valence electrons. The zero-order valence-electron chi connectivity index (χ0n) is 13.2. The molecule has 2 heteroatoms. The molecule has 0 aliphatic carbocycles. The van der Waals surface area contributed by atoms with Crippen LogP contribution in [0, 0.1) is 0 Å². The van der Waals surface area contributed by atoms with E-state index in [1.807, 2.05) is 23.9 Å². The Morgan fingerprint density at radius 1 is 0.905 bits per heavy atom. The number of benzene rings is 2. The third-order valence-corrected chi connectivity index (χ3v) is 4.68. The summed E-state index contributed by atoms with van der Waals surface area (Å²) >= 11 is 1.94. The molecule has 21 heavy (non-hydrogen) atoms. The Morgan fingerprint density at radius 3 is 2.10 bits per heavy atom. The standard InChI is InChI=1S/C19H25NS/c1-19(2,3)16-8-12-18(13-9-16)21-14-4-5-15-6-10-17(20)11-7-15/h6-13H,4-5,14,20H2,1-3H3. The molecule has 0 amide bonds. The van der Waals surface area contributed by atoms with Gasteiger partial charge in [0, 0.05) is 10.6 Å². The van der Waals surface area contributed by atoms with Crippen LogP contribution in [-0.2, 0) is 11.8 Å². The van der Waals surface area contributed by atoms with Gasteiger partial charge < -0.3 is 5.73 Å². The van der Waals surface area contributed by atoms with E-state index in [-0.39, 0.29) is 5.41 Å². The van der Waals surface area contributed by atoms with E-state index in [1.54, 1.807) is 0 Å². The second-order valence-corrected chi connectivity index (χ2v) is 7.64. The first-order valence-corrected chi connectivity index (χ1v) is 8.51. The number of rotatable bonds is 5. The van der Waals surface area contributed by atoms with Gasteiger partial charge in [0.2, 0.25) is 0 Å². The fourth-order valence-corrected chi connectivity index (χ4v) is 3.05. The van der Waals surface area contributed by atoms with Crippen molar-refractivity contribution >= 4 is 17.4 Å². The smallest absolute Gasteiger partial charge is 0.0314 e. The van der Waals surface area contributed by atoms with Gasteiger partial charge in [-0.25, -0.2) is 0 Å². The maximum atomic E-state index is 5.70. The molecule has 0 spiro atoms. The van der Waals surface area contributed by atoms with Crippen molar-refractivity contribution in [2.45, 2.75) is 43.9 Å². The van der Waals surface area contributed by atoms with Gasteiger partial charge in [-0.3, -0.25) is 0 Å². The van der Waals surface area contributed by atoms with E-state index in [0.29, 0.717) is 0 Å². The van der Waals surface area contributed by atoms with Crippen LogP contribution < -0.4 is 5.73 Å². The lowest BCUT2D eigenvalue weighted by atomic mass is 9.87. The normalized spacial score (nSPS) is 11.6. The van der Waals surface area contributed by atoms with E-state index in [0.717, 1.165) is 17.9 Å². The first-order chi connectivity index (χ1) is 9.95. The van der Waals surface area contributed by atoms with Crippen LogP contribution in [0.15, 0.2) is 53.4 Å². The number of hydrogen-bond donors (Lipinski definition) is 1. The quantitative estimate of drug-likeness (QED) is 0.461. The summed E-state index contributed by atoms with van der Waals surface area (Å²) in [5.74, 6) is 1.15. The third kappa shape index (κ3) is 5.13. The summed E-state index contributed by atoms with van der Waals surface area (Å²) in [4.78, 5) is 1.36. The van der Waals surface area contributed by atoms with Crippen LogP contribution in [0.2, 0.25) is 0 Å². The summed E-state index contributed by atoms with van der Waals surface area (Å²) in [6, 6.07) is 17.2. The molecule has 0 heterocycles. The summed E-state index contributed by atoms with van der Waals surface area (Å²) < 4.78 is 0. The van der Waals surface area contributed by atoms with Crippen molar-refractivity contribution in [3.05, 3.63) is 59.7 Å². The molecule has 0 bridgehead atoms. The fraction of sp³-hybridized carbons (Fsp3) is 0.368. The van der Waals surface area contributed by atoms with Crippen molar-refractivity contribution < 1.29 is 0 Å². The molecule has 0 aliphatic rings. The fourth-order valence-electron chi connectivity index (χ4n) is 2.20. The summed E-state index contributed by atoms with van der Waals surface area (Å²) in [6.45, 7) is 6.76. The summed E-state index contributed by atoms with van der Waals surface area (Å²) in [5, 5.41) is 0. The first kappa shape index (κ1) is 16.0. The SMILES string of the molecule is CC(C)(C)c1ccc(SCCCc2ccc(N)cc2)cc1. The predicted octanol–water partition coefficient (Wildman–Crippen LogP) is 5.29. The third-order valence-electron chi connectivity index (χ3n) is 3.58. The maximum absolute atomic E-state index is 5.70. The van der Waals surface area contributed by atoms with Crippen LogP contribution >= 0.6 is 11.8 Å². The molecule has 2 aromatic rings. The highest BCUT2D eigenvalue weighted by atomic mass is 32.2. The van der Waals surface area contributed by atoms with Crippen molar-refractivity contribution in [2.24, 2.45) is 0 Å². The highest BCUT2D eigenvalue weighted by Crippen LogP contribution is 2.26. The molecule has 0 fully saturated rings. The Bertz CT molecular complexity index is 550. The Labute approximate surface area is 133 Å². The first-order valence-electron chi connectivity index (χ1n) is 7.53. The van der Waals surface area contributed by atoms with Gasteiger partial charge >= 0.3 is 0 Å². The number of nitrogen functional groups attached to an aromatic ring is 1. The minimum Gasteiger partial charge on any atom is -0.399 e. The molecule has 0 atom stereocenters. The molecule has 0 aromatic heterocycles. The molecule has 1 nitrogen and oxygen atoms in total. The molecule has 0 saturated heterocycles. The Hall–Kier alpha value is -1.41. The monoisotopic (exact) mass is 299 g/mol. The Balaban J connectivity index is 1.77. The lowest BCUT2D eigenvalue weighted by Gasteiger charge is -2.19. The van der Waals surface area contributed by atoms with Crippen LogP contribution in [0.1, 0.15) is 38.3 Å². The van der Waals surface area contributed by atoms with E-state index in [4.69, 9.17) is 5.73 Å². The van der Waals surface area contributed by atoms with Crippen LogP contribution in [0.5, 0.6) is 0 Å². The van der Waals surface area contributed by atoms with E-state index in [9.17, 15) is 0 Å². The Kier molecular flexibility index (Phi) is 5.35. The molecular weight excluding hydrogens is 274 g/mol. The average molecular weight is 299 g/mol. The van der Waals surface area contributed by atoms with Crippen LogP contribution in [0.25, 0.3) is 0 Å². The number of anilines is 1. The number of thioether (sulfide) groups is 1.